The Bertz CT molecular complexity index is 830. The zero-order valence-corrected chi connectivity index (χ0v) is 16.9. The standard InChI is InChI=1S/C21H25N3O3S/c1-21(2)18(14-6-4-3-5-7-14)24(20(26)27-21)16-10-8-15(9-11-16)23-19(25)17-12-28-13-22-17/h3-7,12-13,15-16,18H,8-11H2,1-2H3,(H,23,25). The number of benzene rings is 1. The summed E-state index contributed by atoms with van der Waals surface area (Å²) in [4.78, 5) is 30.9. The van der Waals surface area contributed by atoms with E-state index in [0.29, 0.717) is 5.69 Å². The van der Waals surface area contributed by atoms with Gasteiger partial charge in [-0.2, -0.15) is 0 Å². The monoisotopic (exact) mass is 399 g/mol. The summed E-state index contributed by atoms with van der Waals surface area (Å²) < 4.78 is 5.73. The normalized spacial score (nSPS) is 26.7. The predicted molar refractivity (Wildman–Crippen MR) is 107 cm³/mol. The van der Waals surface area contributed by atoms with Crippen LogP contribution >= 0.6 is 11.3 Å². The fourth-order valence-corrected chi connectivity index (χ4v) is 4.95. The second-order valence-corrected chi connectivity index (χ2v) is 8.76. The van der Waals surface area contributed by atoms with Crippen LogP contribution in [0.2, 0.25) is 0 Å². The highest BCUT2D eigenvalue weighted by Gasteiger charge is 2.51. The summed E-state index contributed by atoms with van der Waals surface area (Å²) in [5, 5.41) is 4.83. The van der Waals surface area contributed by atoms with E-state index in [4.69, 9.17) is 4.74 Å². The lowest BCUT2D eigenvalue weighted by Crippen LogP contribution is -2.46. The van der Waals surface area contributed by atoms with Gasteiger partial charge in [0.25, 0.3) is 5.91 Å². The fourth-order valence-electron chi connectivity index (χ4n) is 4.41. The van der Waals surface area contributed by atoms with Crippen molar-refractivity contribution in [1.82, 2.24) is 15.2 Å². The molecule has 1 aromatic heterocycles. The minimum atomic E-state index is -0.575. The summed E-state index contributed by atoms with van der Waals surface area (Å²) in [7, 11) is 0. The average Bonchev–Trinajstić information content (AvgIpc) is 3.29. The van der Waals surface area contributed by atoms with Crippen molar-refractivity contribution in [3.05, 3.63) is 52.5 Å². The molecule has 0 bridgehead atoms. The molecule has 7 heteroatoms. The van der Waals surface area contributed by atoms with Gasteiger partial charge in [0.15, 0.2) is 0 Å². The van der Waals surface area contributed by atoms with E-state index < -0.39 is 5.60 Å². The van der Waals surface area contributed by atoms with Gasteiger partial charge < -0.3 is 10.1 Å². The number of thiazole rings is 1. The molecule has 2 aliphatic rings. The van der Waals surface area contributed by atoms with Gasteiger partial charge in [0.05, 0.1) is 11.6 Å². The molecule has 2 amide bonds. The predicted octanol–water partition coefficient (Wildman–Crippen LogP) is 4.16. The van der Waals surface area contributed by atoms with Gasteiger partial charge in [-0.25, -0.2) is 9.78 Å². The van der Waals surface area contributed by atoms with Crippen LogP contribution in [-0.2, 0) is 4.74 Å². The highest BCUT2D eigenvalue weighted by atomic mass is 32.1. The van der Waals surface area contributed by atoms with E-state index in [9.17, 15) is 9.59 Å². The molecule has 2 heterocycles. The summed E-state index contributed by atoms with van der Waals surface area (Å²) in [5.74, 6) is -0.117. The molecule has 1 unspecified atom stereocenters. The maximum atomic E-state index is 12.7. The van der Waals surface area contributed by atoms with Crippen molar-refractivity contribution < 1.29 is 14.3 Å². The molecule has 6 nitrogen and oxygen atoms in total. The second kappa shape index (κ2) is 7.54. The average molecular weight is 400 g/mol. The van der Waals surface area contributed by atoms with Crippen LogP contribution in [0.4, 0.5) is 4.79 Å². The number of carbonyl (C=O) groups is 2. The Balaban J connectivity index is 1.44. The number of hydrogen-bond donors (Lipinski definition) is 1. The van der Waals surface area contributed by atoms with Gasteiger partial charge >= 0.3 is 6.09 Å². The number of ether oxygens (including phenoxy) is 1. The largest absolute Gasteiger partial charge is 0.441 e. The maximum absolute atomic E-state index is 12.7. The van der Waals surface area contributed by atoms with E-state index in [0.717, 1.165) is 31.2 Å². The van der Waals surface area contributed by atoms with Crippen LogP contribution in [0.3, 0.4) is 0 Å². The van der Waals surface area contributed by atoms with E-state index >= 15 is 0 Å². The van der Waals surface area contributed by atoms with Gasteiger partial charge in [-0.05, 0) is 45.1 Å². The molecular formula is C21H25N3O3S. The first-order valence-electron chi connectivity index (χ1n) is 9.71. The molecule has 1 aromatic carbocycles. The number of carbonyl (C=O) groups excluding carboxylic acids is 2. The third-order valence-electron chi connectivity index (χ3n) is 5.70. The van der Waals surface area contributed by atoms with Gasteiger partial charge in [-0.3, -0.25) is 9.69 Å². The van der Waals surface area contributed by atoms with Crippen molar-refractivity contribution in [2.45, 2.75) is 63.3 Å². The van der Waals surface area contributed by atoms with Crippen molar-refractivity contribution in [1.29, 1.82) is 0 Å². The SMILES string of the molecule is CC1(C)OC(=O)N(C2CCC(NC(=O)c3cscn3)CC2)C1c1ccccc1. The van der Waals surface area contributed by atoms with Gasteiger partial charge in [0, 0.05) is 17.5 Å². The van der Waals surface area contributed by atoms with Crippen LogP contribution in [0, 0.1) is 0 Å². The third kappa shape index (κ3) is 3.63. The minimum Gasteiger partial charge on any atom is -0.441 e. The Morgan fingerprint density at radius 1 is 1.21 bits per heavy atom. The van der Waals surface area contributed by atoms with Gasteiger partial charge in [-0.1, -0.05) is 30.3 Å². The first-order chi connectivity index (χ1) is 13.5. The number of aromatic nitrogens is 1. The summed E-state index contributed by atoms with van der Waals surface area (Å²) >= 11 is 1.42. The Morgan fingerprint density at radius 3 is 2.57 bits per heavy atom. The van der Waals surface area contributed by atoms with Gasteiger partial charge in [-0.15, -0.1) is 11.3 Å². The van der Waals surface area contributed by atoms with Crippen molar-refractivity contribution in [3.8, 4) is 0 Å². The summed E-state index contributed by atoms with van der Waals surface area (Å²) in [6.45, 7) is 3.95. The first kappa shape index (κ1) is 18.9. The molecule has 0 radical (unpaired) electrons. The Kier molecular flexibility index (Phi) is 5.10. The zero-order chi connectivity index (χ0) is 19.7. The van der Waals surface area contributed by atoms with E-state index in [-0.39, 0.29) is 30.1 Å². The molecule has 1 saturated carbocycles. The quantitative estimate of drug-likeness (QED) is 0.838. The molecule has 1 atom stereocenters. The lowest BCUT2D eigenvalue weighted by atomic mass is 9.86. The molecule has 1 N–H and O–H groups in total. The van der Waals surface area contributed by atoms with Crippen LogP contribution in [0.15, 0.2) is 41.2 Å². The molecule has 1 aliphatic heterocycles. The maximum Gasteiger partial charge on any atom is 0.411 e. The Labute approximate surface area is 168 Å². The van der Waals surface area contributed by atoms with Crippen LogP contribution in [-0.4, -0.2) is 39.6 Å². The summed E-state index contributed by atoms with van der Waals surface area (Å²) in [6.07, 6.45) is 3.12. The Morgan fingerprint density at radius 2 is 1.93 bits per heavy atom. The molecule has 2 fully saturated rings. The number of cyclic esters (lactones) is 1. The van der Waals surface area contributed by atoms with Crippen LogP contribution in [0.1, 0.15) is 61.6 Å². The zero-order valence-electron chi connectivity index (χ0n) is 16.1. The van der Waals surface area contributed by atoms with E-state index in [2.05, 4.69) is 22.4 Å². The molecule has 2 aromatic rings. The molecular weight excluding hydrogens is 374 g/mol. The van der Waals surface area contributed by atoms with E-state index in [1.54, 1.807) is 10.9 Å². The number of amides is 2. The minimum absolute atomic E-state index is 0.104. The van der Waals surface area contributed by atoms with Crippen LogP contribution in [0.25, 0.3) is 0 Å². The molecule has 1 saturated heterocycles. The van der Waals surface area contributed by atoms with E-state index in [1.165, 1.54) is 11.3 Å². The topological polar surface area (TPSA) is 71.5 Å². The molecule has 28 heavy (non-hydrogen) atoms. The molecule has 148 valence electrons. The number of hydrogen-bond acceptors (Lipinski definition) is 5. The van der Waals surface area contributed by atoms with Crippen LogP contribution < -0.4 is 5.32 Å². The van der Waals surface area contributed by atoms with Gasteiger partial charge in [0.2, 0.25) is 0 Å². The number of nitrogens with zero attached hydrogens (tertiary/aromatic N) is 2. The van der Waals surface area contributed by atoms with Gasteiger partial charge in [0.1, 0.15) is 11.3 Å². The fraction of sp³-hybridized carbons (Fsp3) is 0.476. The van der Waals surface area contributed by atoms with Crippen molar-refractivity contribution in [2.75, 3.05) is 0 Å². The van der Waals surface area contributed by atoms with Crippen molar-refractivity contribution in [2.24, 2.45) is 0 Å². The van der Waals surface area contributed by atoms with Crippen molar-refractivity contribution >= 4 is 23.3 Å². The number of rotatable bonds is 4. The third-order valence-corrected chi connectivity index (χ3v) is 6.29. The summed E-state index contributed by atoms with van der Waals surface area (Å²) in [6, 6.07) is 10.2. The molecule has 0 spiro atoms. The Hall–Kier alpha value is -2.41. The lowest BCUT2D eigenvalue weighted by Gasteiger charge is -2.38. The van der Waals surface area contributed by atoms with Crippen molar-refractivity contribution in [3.63, 3.8) is 0 Å². The lowest BCUT2D eigenvalue weighted by molar-refractivity contribution is 0.0663. The highest BCUT2D eigenvalue weighted by molar-refractivity contribution is 7.07. The highest BCUT2D eigenvalue weighted by Crippen LogP contribution is 2.44. The number of nitrogens with one attached hydrogen (secondary N) is 1. The second-order valence-electron chi connectivity index (χ2n) is 8.04. The molecule has 4 rings (SSSR count). The first-order valence-corrected chi connectivity index (χ1v) is 10.7. The molecule has 1 aliphatic carbocycles. The smallest absolute Gasteiger partial charge is 0.411 e. The van der Waals surface area contributed by atoms with E-state index in [1.807, 2.05) is 36.9 Å². The van der Waals surface area contributed by atoms with Crippen LogP contribution in [0.5, 0.6) is 0 Å². The summed E-state index contributed by atoms with van der Waals surface area (Å²) in [5.41, 5.74) is 2.66.